The lowest BCUT2D eigenvalue weighted by Gasteiger charge is -2.36. The van der Waals surface area contributed by atoms with Crippen molar-refractivity contribution >= 4 is 46.1 Å². The van der Waals surface area contributed by atoms with Crippen LogP contribution in [0.3, 0.4) is 0 Å². The lowest BCUT2D eigenvalue weighted by molar-refractivity contribution is -0.142. The first-order valence-corrected chi connectivity index (χ1v) is 29.1. The number of ketones is 1. The van der Waals surface area contributed by atoms with Crippen LogP contribution in [0, 0.1) is 29.6 Å². The Hall–Kier alpha value is -5.98. The number of amides is 5. The van der Waals surface area contributed by atoms with Crippen LogP contribution in [0.15, 0.2) is 97.1 Å². The molecule has 5 amide bonds. The lowest BCUT2D eigenvalue weighted by atomic mass is 9.76. The van der Waals surface area contributed by atoms with Gasteiger partial charge in [0.25, 0.3) is 11.8 Å². The van der Waals surface area contributed by atoms with Crippen LogP contribution in [0.25, 0.3) is 10.8 Å². The van der Waals surface area contributed by atoms with Crippen molar-refractivity contribution in [3.8, 4) is 0 Å². The van der Waals surface area contributed by atoms with E-state index >= 15 is 8.78 Å². The number of halogens is 2. The van der Waals surface area contributed by atoms with E-state index in [1.165, 1.54) is 0 Å². The van der Waals surface area contributed by atoms with Gasteiger partial charge in [0.15, 0.2) is 0 Å². The van der Waals surface area contributed by atoms with Crippen LogP contribution in [0.5, 0.6) is 0 Å². The van der Waals surface area contributed by atoms with E-state index in [9.17, 15) is 28.8 Å². The number of carbonyl (C=O) groups excluding carboxylic acids is 6. The van der Waals surface area contributed by atoms with Crippen LogP contribution < -0.4 is 5.32 Å². The summed E-state index contributed by atoms with van der Waals surface area (Å²) in [7, 11) is 0. The maximum atomic E-state index is 15.7. The van der Waals surface area contributed by atoms with Crippen molar-refractivity contribution in [3.63, 3.8) is 0 Å². The van der Waals surface area contributed by atoms with Crippen LogP contribution in [0.1, 0.15) is 149 Å². The highest BCUT2D eigenvalue weighted by molar-refractivity contribution is 6.02. The van der Waals surface area contributed by atoms with Crippen molar-refractivity contribution in [2.75, 3.05) is 39.3 Å². The van der Waals surface area contributed by atoms with E-state index in [2.05, 4.69) is 5.32 Å². The molecule has 2 aliphatic heterocycles. The third-order valence-corrected chi connectivity index (χ3v) is 17.4. The Bertz CT molecular complexity index is 2640. The van der Waals surface area contributed by atoms with Gasteiger partial charge in [0.1, 0.15) is 24.2 Å². The van der Waals surface area contributed by atoms with E-state index in [-0.39, 0.29) is 104 Å². The van der Waals surface area contributed by atoms with E-state index in [1.54, 1.807) is 31.7 Å². The van der Waals surface area contributed by atoms with Gasteiger partial charge < -0.3 is 24.9 Å². The first kappa shape index (κ1) is 57.2. The summed E-state index contributed by atoms with van der Waals surface area (Å²) in [6, 6.07) is 28.6. The Labute approximate surface area is 455 Å². The quantitative estimate of drug-likeness (QED) is 0.0835. The number of hydrogen-bond acceptors (Lipinski definition) is 6. The number of alkyl halides is 2. The fourth-order valence-electron chi connectivity index (χ4n) is 12.5. The number of Topliss-reactive ketones (excluding diaryl/α,β-unsaturated/α-hetero) is 1. The van der Waals surface area contributed by atoms with Crippen molar-refractivity contribution < 1.29 is 37.5 Å². The minimum atomic E-state index is -1.27. The number of carbonyl (C=O) groups is 6. The van der Waals surface area contributed by atoms with Crippen molar-refractivity contribution in [1.82, 2.24) is 24.9 Å². The van der Waals surface area contributed by atoms with Crippen molar-refractivity contribution in [2.24, 2.45) is 29.6 Å². The van der Waals surface area contributed by atoms with E-state index in [4.69, 9.17) is 0 Å². The zero-order valence-electron chi connectivity index (χ0n) is 46.1. The van der Waals surface area contributed by atoms with Gasteiger partial charge in [0.05, 0.1) is 25.2 Å². The Morgan fingerprint density at radius 3 is 1.51 bits per heavy atom. The molecule has 4 aromatic rings. The van der Waals surface area contributed by atoms with Crippen molar-refractivity contribution in [1.29, 1.82) is 0 Å². The summed E-state index contributed by atoms with van der Waals surface area (Å²) < 4.78 is 31.3. The molecule has 0 radical (unpaired) electrons. The Kier molecular flexibility index (Phi) is 20.1. The SMILES string of the molecule is CC[C@@H](C)C(=O)N[C@H](C(=O)N1C[C@H](F)C[C@H]1CN(CCc1ccccc1)C(=O)c1ccc2cc(C(=O)N(CCc3ccccc3)C[C@@H]3C[C@@H](F)CN3C(=O)[C@@H](CC(=O)C(C)C)C3CCCCC3)ccc2c1)C1CCCCC1. The number of fused-ring (bicyclic) bond motifs is 1. The van der Waals surface area contributed by atoms with E-state index in [0.717, 1.165) is 86.1 Å². The minimum absolute atomic E-state index is 0.0400. The van der Waals surface area contributed by atoms with Crippen molar-refractivity contribution in [2.45, 2.75) is 161 Å². The first-order chi connectivity index (χ1) is 37.2. The molecular weight excluding hydrogens is 973 g/mol. The number of likely N-dealkylation sites (tertiary alicyclic amines) is 2. The monoisotopic (exact) mass is 1060 g/mol. The molecule has 2 saturated carbocycles. The molecule has 13 heteroatoms. The Balaban J connectivity index is 1.03. The van der Waals surface area contributed by atoms with Gasteiger partial charge >= 0.3 is 0 Å². The van der Waals surface area contributed by atoms with Gasteiger partial charge in [-0.2, -0.15) is 0 Å². The molecule has 0 unspecified atom stereocenters. The first-order valence-electron chi connectivity index (χ1n) is 29.1. The van der Waals surface area contributed by atoms with Crippen LogP contribution in [-0.4, -0.2) is 125 Å². The smallest absolute Gasteiger partial charge is 0.253 e. The second-order valence-electron chi connectivity index (χ2n) is 23.2. The van der Waals surface area contributed by atoms with Crippen LogP contribution in [0.2, 0.25) is 0 Å². The average Bonchev–Trinajstić information content (AvgIpc) is 4.05. The fraction of sp³-hybridized carbons (Fsp3) is 0.562. The van der Waals surface area contributed by atoms with Gasteiger partial charge in [0.2, 0.25) is 17.7 Å². The predicted molar refractivity (Wildman–Crippen MR) is 299 cm³/mol. The molecule has 11 nitrogen and oxygen atoms in total. The maximum Gasteiger partial charge on any atom is 0.253 e. The average molecular weight is 1060 g/mol. The van der Waals surface area contributed by atoms with Crippen molar-refractivity contribution in [3.05, 3.63) is 119 Å². The maximum absolute atomic E-state index is 15.7. The highest BCUT2D eigenvalue weighted by atomic mass is 19.1. The molecular formula is C64H83F2N5O6. The van der Waals surface area contributed by atoms with Crippen LogP contribution in [-0.2, 0) is 32.0 Å². The van der Waals surface area contributed by atoms with Gasteiger partial charge in [-0.1, -0.05) is 139 Å². The lowest BCUT2D eigenvalue weighted by Crippen LogP contribution is -2.56. The second-order valence-corrected chi connectivity index (χ2v) is 23.2. The molecule has 2 aliphatic carbocycles. The molecule has 0 bridgehead atoms. The molecule has 0 aromatic heterocycles. The van der Waals surface area contributed by atoms with E-state index in [0.29, 0.717) is 43.5 Å². The molecule has 414 valence electrons. The molecule has 77 heavy (non-hydrogen) atoms. The Morgan fingerprint density at radius 2 is 1.05 bits per heavy atom. The van der Waals surface area contributed by atoms with E-state index < -0.39 is 36.4 Å². The normalized spacial score (nSPS) is 21.4. The number of nitrogens with zero attached hydrogens (tertiary/aromatic N) is 4. The highest BCUT2D eigenvalue weighted by Crippen LogP contribution is 2.37. The number of nitrogens with one attached hydrogen (secondary N) is 1. The highest BCUT2D eigenvalue weighted by Gasteiger charge is 2.44. The number of hydrogen-bond donors (Lipinski definition) is 1. The zero-order valence-corrected chi connectivity index (χ0v) is 46.1. The Morgan fingerprint density at radius 1 is 0.597 bits per heavy atom. The van der Waals surface area contributed by atoms with Crippen LogP contribution >= 0.6 is 0 Å². The molecule has 7 atom stereocenters. The predicted octanol–water partition coefficient (Wildman–Crippen LogP) is 11.0. The third-order valence-electron chi connectivity index (χ3n) is 17.4. The minimum Gasteiger partial charge on any atom is -0.344 e. The van der Waals surface area contributed by atoms with Gasteiger partial charge in [-0.25, -0.2) is 8.78 Å². The van der Waals surface area contributed by atoms with Gasteiger partial charge in [0, 0.05) is 74.3 Å². The number of rotatable bonds is 22. The zero-order chi connectivity index (χ0) is 54.6. The molecule has 0 spiro atoms. The summed E-state index contributed by atoms with van der Waals surface area (Å²) >= 11 is 0. The summed E-state index contributed by atoms with van der Waals surface area (Å²) in [6.07, 6.45) is 9.03. The largest absolute Gasteiger partial charge is 0.344 e. The number of benzene rings is 4. The standard InChI is InChI=1S/C64H83F2N5O6/c1-5-44(4)60(73)67-59(48-24-16-9-17-25-48)64(77)71-40-54(66)37-56(71)42-69(33-31-46-20-12-7-13-21-46)62(75)52-29-27-49-34-51(28-26-50(49)35-52)61(74)68(32-30-45-18-10-6-11-19-45)41-55-36-53(65)39-70(55)63(76)57(38-58(72)43(2)3)47-22-14-8-15-23-47/h6-7,10-13,18-21,26-29,34-35,43-44,47-48,53-57,59H,5,8-9,14-17,22-25,30-33,36-42H2,1-4H3,(H,67,73)/t44-,53-,54-,55+,56+,57+,59+/m1/s1. The van der Waals surface area contributed by atoms with Gasteiger partial charge in [-0.15, -0.1) is 0 Å². The third kappa shape index (κ3) is 14.8. The topological polar surface area (TPSA) is 127 Å². The molecule has 4 aromatic carbocycles. The molecule has 2 saturated heterocycles. The molecule has 1 N–H and O–H groups in total. The summed E-state index contributed by atoms with van der Waals surface area (Å²) in [5.41, 5.74) is 2.90. The van der Waals surface area contributed by atoms with E-state index in [1.807, 2.05) is 113 Å². The molecule has 4 aliphatic rings. The summed E-state index contributed by atoms with van der Waals surface area (Å²) in [4.78, 5) is 92.3. The summed E-state index contributed by atoms with van der Waals surface area (Å²) in [5.74, 6) is -2.07. The molecule has 8 rings (SSSR count). The van der Waals surface area contributed by atoms with Gasteiger partial charge in [-0.3, -0.25) is 28.8 Å². The summed E-state index contributed by atoms with van der Waals surface area (Å²) in [6.45, 7) is 8.27. The van der Waals surface area contributed by atoms with Gasteiger partial charge in [-0.05, 0) is 103 Å². The fourth-order valence-corrected chi connectivity index (χ4v) is 12.5. The van der Waals surface area contributed by atoms with Crippen LogP contribution in [0.4, 0.5) is 8.78 Å². The second kappa shape index (κ2) is 27.1. The molecule has 2 heterocycles. The summed E-state index contributed by atoms with van der Waals surface area (Å²) in [5, 5.41) is 4.56. The molecule has 4 fully saturated rings.